The smallest absolute Gasteiger partial charge is 0.271 e. The van der Waals surface area contributed by atoms with Crippen molar-refractivity contribution >= 4 is 11.5 Å². The fraction of sp³-hybridized carbons (Fsp3) is 0.350. The standard InChI is InChI=1S/C20H22FN2O/c1-15-5-4-6-18(13-15)22-14-20(24,16-8-10-17(21)11-9-16)23-12-3-2-7-19(22)23/h4-6,8-11,13,24H,2-3,7,12,14H2,1H3/q+1/t20-/m0/s1. The number of aryl methyl sites for hydroxylation is 1. The molecule has 2 aromatic carbocycles. The third kappa shape index (κ3) is 2.42. The summed E-state index contributed by atoms with van der Waals surface area (Å²) in [5, 5.41) is 11.5. The van der Waals surface area contributed by atoms with Crippen molar-refractivity contribution in [3.63, 3.8) is 0 Å². The Labute approximate surface area is 141 Å². The summed E-state index contributed by atoms with van der Waals surface area (Å²) >= 11 is 0. The first-order valence-corrected chi connectivity index (χ1v) is 8.54. The Morgan fingerprint density at radius 2 is 1.92 bits per heavy atom. The molecule has 0 amide bonds. The number of rotatable bonds is 2. The lowest BCUT2D eigenvalue weighted by Crippen LogP contribution is -2.41. The SMILES string of the molecule is Cc1cccc(N2C[C@](O)(c3ccc(F)cc3)[N+]3=C2CCCC3)c1. The third-order valence-corrected chi connectivity index (χ3v) is 5.10. The minimum absolute atomic E-state index is 0.279. The molecule has 4 rings (SSSR count). The van der Waals surface area contributed by atoms with Crippen LogP contribution in [-0.4, -0.2) is 28.6 Å². The average molecular weight is 325 g/mol. The quantitative estimate of drug-likeness (QED) is 0.857. The topological polar surface area (TPSA) is 26.5 Å². The van der Waals surface area contributed by atoms with Crippen LogP contribution in [0, 0.1) is 12.7 Å². The Hall–Kier alpha value is -2.20. The summed E-state index contributed by atoms with van der Waals surface area (Å²) in [4.78, 5) is 2.22. The van der Waals surface area contributed by atoms with Gasteiger partial charge in [0.1, 0.15) is 11.5 Å². The Bertz CT molecular complexity index is 800. The highest BCUT2D eigenvalue weighted by Crippen LogP contribution is 2.35. The van der Waals surface area contributed by atoms with Crippen molar-refractivity contribution in [2.24, 2.45) is 0 Å². The largest absolute Gasteiger partial charge is 0.346 e. The normalized spacial score (nSPS) is 23.5. The number of hydrogen-bond acceptors (Lipinski definition) is 2. The molecule has 2 aromatic rings. The summed E-state index contributed by atoms with van der Waals surface area (Å²) in [5.74, 6) is 0.886. The minimum atomic E-state index is -1.10. The summed E-state index contributed by atoms with van der Waals surface area (Å²) < 4.78 is 15.4. The lowest BCUT2D eigenvalue weighted by Gasteiger charge is -2.24. The van der Waals surface area contributed by atoms with E-state index in [1.54, 1.807) is 12.1 Å². The molecule has 0 aliphatic carbocycles. The number of benzene rings is 2. The van der Waals surface area contributed by atoms with E-state index in [9.17, 15) is 9.50 Å². The van der Waals surface area contributed by atoms with E-state index in [1.165, 1.54) is 23.5 Å². The van der Waals surface area contributed by atoms with E-state index in [0.717, 1.165) is 37.1 Å². The highest BCUT2D eigenvalue weighted by molar-refractivity contribution is 5.96. The first-order valence-electron chi connectivity index (χ1n) is 8.54. The molecular weight excluding hydrogens is 303 g/mol. The van der Waals surface area contributed by atoms with Gasteiger partial charge >= 0.3 is 0 Å². The zero-order chi connectivity index (χ0) is 16.7. The fourth-order valence-electron chi connectivity index (χ4n) is 3.89. The van der Waals surface area contributed by atoms with E-state index in [4.69, 9.17) is 0 Å². The van der Waals surface area contributed by atoms with Crippen LogP contribution in [0.5, 0.6) is 0 Å². The molecule has 0 aromatic heterocycles. The molecule has 24 heavy (non-hydrogen) atoms. The van der Waals surface area contributed by atoms with Gasteiger partial charge in [-0.2, -0.15) is 0 Å². The first kappa shape index (κ1) is 15.3. The van der Waals surface area contributed by atoms with E-state index in [1.807, 2.05) is 6.07 Å². The molecule has 0 radical (unpaired) electrons. The molecule has 0 saturated heterocycles. The van der Waals surface area contributed by atoms with Crippen LogP contribution in [0.3, 0.4) is 0 Å². The molecule has 124 valence electrons. The molecule has 2 aliphatic heterocycles. The van der Waals surface area contributed by atoms with E-state index in [-0.39, 0.29) is 5.82 Å². The average Bonchev–Trinajstić information content (AvgIpc) is 2.90. The fourth-order valence-corrected chi connectivity index (χ4v) is 3.89. The van der Waals surface area contributed by atoms with Crippen LogP contribution in [0.25, 0.3) is 0 Å². The van der Waals surface area contributed by atoms with Gasteiger partial charge < -0.3 is 5.11 Å². The number of nitrogens with zero attached hydrogens (tertiary/aromatic N) is 2. The first-order chi connectivity index (χ1) is 11.6. The lowest BCUT2D eigenvalue weighted by molar-refractivity contribution is -0.661. The monoisotopic (exact) mass is 325 g/mol. The van der Waals surface area contributed by atoms with Crippen LogP contribution < -0.4 is 4.90 Å². The van der Waals surface area contributed by atoms with Crippen molar-refractivity contribution < 1.29 is 14.1 Å². The molecule has 1 N–H and O–H groups in total. The maximum Gasteiger partial charge on any atom is 0.271 e. The summed E-state index contributed by atoms with van der Waals surface area (Å²) in [6, 6.07) is 14.6. The van der Waals surface area contributed by atoms with Gasteiger partial charge in [0.25, 0.3) is 11.6 Å². The van der Waals surface area contributed by atoms with E-state index >= 15 is 0 Å². The molecule has 3 nitrogen and oxygen atoms in total. The third-order valence-electron chi connectivity index (χ3n) is 5.10. The van der Waals surface area contributed by atoms with Crippen molar-refractivity contribution in [3.8, 4) is 0 Å². The van der Waals surface area contributed by atoms with Gasteiger partial charge in [-0.3, -0.25) is 0 Å². The lowest BCUT2D eigenvalue weighted by atomic mass is 10.0. The van der Waals surface area contributed by atoms with Crippen LogP contribution in [0.4, 0.5) is 10.1 Å². The number of aliphatic hydroxyl groups is 1. The molecule has 0 bridgehead atoms. The molecular formula is C20H22FN2O+. The number of β-amino-alcohol motifs (C(OH)–C–C–N with tert-alkyl or cyclic N) is 1. The Morgan fingerprint density at radius 1 is 1.12 bits per heavy atom. The number of anilines is 1. The predicted octanol–water partition coefficient (Wildman–Crippen LogP) is 3.39. The Balaban J connectivity index is 1.80. The molecule has 2 aliphatic rings. The maximum atomic E-state index is 13.3. The van der Waals surface area contributed by atoms with Crippen LogP contribution in [-0.2, 0) is 5.72 Å². The van der Waals surface area contributed by atoms with Gasteiger partial charge in [0.2, 0.25) is 0 Å². The molecule has 0 unspecified atom stereocenters. The van der Waals surface area contributed by atoms with E-state index in [0.29, 0.717) is 6.54 Å². The van der Waals surface area contributed by atoms with Crippen molar-refractivity contribution in [2.75, 3.05) is 18.0 Å². The van der Waals surface area contributed by atoms with Crippen molar-refractivity contribution in [2.45, 2.75) is 31.9 Å². The number of hydrogen-bond donors (Lipinski definition) is 1. The molecule has 0 spiro atoms. The van der Waals surface area contributed by atoms with Crippen LogP contribution >= 0.6 is 0 Å². The molecule has 4 heteroatoms. The second-order valence-electron chi connectivity index (χ2n) is 6.77. The Morgan fingerprint density at radius 3 is 2.67 bits per heavy atom. The molecule has 0 saturated carbocycles. The van der Waals surface area contributed by atoms with Gasteiger partial charge in [-0.1, -0.05) is 12.1 Å². The predicted molar refractivity (Wildman–Crippen MR) is 92.8 cm³/mol. The van der Waals surface area contributed by atoms with Gasteiger partial charge in [0, 0.05) is 12.0 Å². The highest BCUT2D eigenvalue weighted by Gasteiger charge is 2.52. The molecule has 0 fully saturated rings. The van der Waals surface area contributed by atoms with E-state index < -0.39 is 5.72 Å². The summed E-state index contributed by atoms with van der Waals surface area (Å²) in [7, 11) is 0. The van der Waals surface area contributed by atoms with Crippen molar-refractivity contribution in [1.82, 2.24) is 0 Å². The van der Waals surface area contributed by atoms with E-state index in [2.05, 4.69) is 34.6 Å². The molecule has 1 atom stereocenters. The number of amidine groups is 1. The second kappa shape index (κ2) is 5.71. The van der Waals surface area contributed by atoms with Crippen LogP contribution in [0.2, 0.25) is 0 Å². The van der Waals surface area contributed by atoms with Gasteiger partial charge in [-0.15, -0.1) is 0 Å². The maximum absolute atomic E-state index is 13.3. The van der Waals surface area contributed by atoms with Gasteiger partial charge in [0.05, 0.1) is 6.54 Å². The van der Waals surface area contributed by atoms with Gasteiger partial charge in [-0.05, 0) is 61.7 Å². The van der Waals surface area contributed by atoms with Crippen molar-refractivity contribution in [3.05, 3.63) is 65.5 Å². The van der Waals surface area contributed by atoms with Gasteiger partial charge in [0.15, 0.2) is 6.54 Å². The minimum Gasteiger partial charge on any atom is -0.346 e. The highest BCUT2D eigenvalue weighted by atomic mass is 19.1. The summed E-state index contributed by atoms with van der Waals surface area (Å²) in [6.07, 6.45) is 3.15. The summed E-state index contributed by atoms with van der Waals surface area (Å²) in [5.41, 5.74) is 1.95. The van der Waals surface area contributed by atoms with Gasteiger partial charge in [-0.25, -0.2) is 13.9 Å². The second-order valence-corrected chi connectivity index (χ2v) is 6.77. The Kier molecular flexibility index (Phi) is 3.65. The summed E-state index contributed by atoms with van der Waals surface area (Å²) in [6.45, 7) is 3.37. The molecule has 2 heterocycles. The van der Waals surface area contributed by atoms with Crippen LogP contribution in [0.1, 0.15) is 30.4 Å². The van der Waals surface area contributed by atoms with Crippen LogP contribution in [0.15, 0.2) is 48.5 Å². The number of halogens is 1. The zero-order valence-electron chi connectivity index (χ0n) is 13.9. The van der Waals surface area contributed by atoms with Crippen molar-refractivity contribution in [1.29, 1.82) is 0 Å². The zero-order valence-corrected chi connectivity index (χ0v) is 13.9.